The van der Waals surface area contributed by atoms with Gasteiger partial charge in [-0.3, -0.25) is 4.90 Å². The van der Waals surface area contributed by atoms with E-state index in [1.807, 2.05) is 0 Å². The highest BCUT2D eigenvalue weighted by atomic mass is 79.9. The van der Waals surface area contributed by atoms with Crippen molar-refractivity contribution in [3.05, 3.63) is 0 Å². The zero-order valence-corrected chi connectivity index (χ0v) is 12.6. The molecule has 0 aromatic rings. The van der Waals surface area contributed by atoms with Crippen LogP contribution in [-0.2, 0) is 4.74 Å². The number of hydrogen-bond donors (Lipinski definition) is 0. The summed E-state index contributed by atoms with van der Waals surface area (Å²) in [7, 11) is 0. The summed E-state index contributed by atoms with van der Waals surface area (Å²) < 4.78 is 5.81. The van der Waals surface area contributed by atoms with Crippen LogP contribution in [0.3, 0.4) is 0 Å². The zero-order chi connectivity index (χ0) is 12.0. The first kappa shape index (κ1) is 14.5. The Kier molecular flexibility index (Phi) is 6.30. The second-order valence-electron chi connectivity index (χ2n) is 5.62. The van der Waals surface area contributed by atoms with Crippen molar-refractivity contribution in [2.45, 2.75) is 58.1 Å². The highest BCUT2D eigenvalue weighted by molar-refractivity contribution is 9.09. The van der Waals surface area contributed by atoms with E-state index in [9.17, 15) is 0 Å². The molecule has 0 aromatic carbocycles. The Hall–Kier alpha value is 0.400. The fraction of sp³-hybridized carbons (Fsp3) is 1.00. The fourth-order valence-corrected chi connectivity index (χ4v) is 2.78. The van der Waals surface area contributed by atoms with Gasteiger partial charge >= 0.3 is 0 Å². The van der Waals surface area contributed by atoms with E-state index < -0.39 is 0 Å². The molecule has 0 atom stereocenters. The van der Waals surface area contributed by atoms with Crippen molar-refractivity contribution < 1.29 is 4.74 Å². The molecule has 0 radical (unpaired) electrons. The van der Waals surface area contributed by atoms with Crippen LogP contribution in [0.15, 0.2) is 0 Å². The van der Waals surface area contributed by atoms with Crippen molar-refractivity contribution >= 4 is 15.9 Å². The van der Waals surface area contributed by atoms with Gasteiger partial charge in [-0.2, -0.15) is 0 Å². The van der Waals surface area contributed by atoms with Crippen LogP contribution in [0.1, 0.15) is 46.5 Å². The summed E-state index contributed by atoms with van der Waals surface area (Å²) in [5.41, 5.74) is -0.00422. The zero-order valence-electron chi connectivity index (χ0n) is 11.0. The summed E-state index contributed by atoms with van der Waals surface area (Å²) in [5.74, 6) is 0. The molecule has 2 nitrogen and oxygen atoms in total. The van der Waals surface area contributed by atoms with Gasteiger partial charge in [-0.25, -0.2) is 0 Å². The Morgan fingerprint density at radius 2 is 1.81 bits per heavy atom. The molecule has 0 aliphatic heterocycles. The van der Waals surface area contributed by atoms with Gasteiger partial charge in [0.2, 0.25) is 0 Å². The quantitative estimate of drug-likeness (QED) is 0.695. The molecule has 0 saturated heterocycles. The Bertz CT molecular complexity index is 185. The van der Waals surface area contributed by atoms with E-state index in [2.05, 4.69) is 41.6 Å². The second kappa shape index (κ2) is 6.97. The number of hydrogen-bond acceptors (Lipinski definition) is 2. The third kappa shape index (κ3) is 5.65. The molecular formula is C13H26BrNO. The predicted molar refractivity (Wildman–Crippen MR) is 73.3 cm³/mol. The Morgan fingerprint density at radius 1 is 1.19 bits per heavy atom. The topological polar surface area (TPSA) is 12.5 Å². The average Bonchev–Trinajstić information content (AvgIpc) is 2.67. The molecule has 1 rings (SSSR count). The van der Waals surface area contributed by atoms with Gasteiger partial charge in [-0.05, 0) is 33.6 Å². The summed E-state index contributed by atoms with van der Waals surface area (Å²) >= 11 is 3.55. The molecule has 0 aromatic heterocycles. The van der Waals surface area contributed by atoms with Gasteiger partial charge in [0.15, 0.2) is 0 Å². The molecule has 0 amide bonds. The molecule has 1 aliphatic rings. The number of alkyl halides is 1. The molecule has 1 saturated carbocycles. The van der Waals surface area contributed by atoms with Gasteiger partial charge < -0.3 is 4.74 Å². The van der Waals surface area contributed by atoms with E-state index in [4.69, 9.17) is 4.74 Å². The smallest absolute Gasteiger partial charge is 0.0600 e. The molecule has 0 N–H and O–H groups in total. The molecule has 3 heteroatoms. The Morgan fingerprint density at radius 3 is 2.31 bits per heavy atom. The minimum absolute atomic E-state index is 0.00422. The molecule has 16 heavy (non-hydrogen) atoms. The van der Waals surface area contributed by atoms with E-state index in [1.54, 1.807) is 0 Å². The minimum atomic E-state index is -0.00422. The third-order valence-electron chi connectivity index (χ3n) is 3.13. The van der Waals surface area contributed by atoms with Gasteiger partial charge in [0.05, 0.1) is 12.2 Å². The van der Waals surface area contributed by atoms with E-state index in [1.165, 1.54) is 25.7 Å². The molecule has 1 fully saturated rings. The van der Waals surface area contributed by atoms with Crippen molar-refractivity contribution in [2.24, 2.45) is 0 Å². The highest BCUT2D eigenvalue weighted by Crippen LogP contribution is 2.23. The van der Waals surface area contributed by atoms with Crippen molar-refractivity contribution in [1.82, 2.24) is 4.90 Å². The maximum Gasteiger partial charge on any atom is 0.0600 e. The van der Waals surface area contributed by atoms with Crippen molar-refractivity contribution in [2.75, 3.05) is 25.0 Å². The molecule has 1 aliphatic carbocycles. The molecule has 0 bridgehead atoms. The number of rotatable bonds is 6. The van der Waals surface area contributed by atoms with Crippen LogP contribution in [0.25, 0.3) is 0 Å². The molecule has 0 heterocycles. The number of ether oxygens (including phenoxy) is 1. The van der Waals surface area contributed by atoms with Gasteiger partial charge in [0.25, 0.3) is 0 Å². The van der Waals surface area contributed by atoms with Crippen LogP contribution < -0.4 is 0 Å². The molecular weight excluding hydrogens is 266 g/mol. The van der Waals surface area contributed by atoms with Crippen LogP contribution >= 0.6 is 15.9 Å². The minimum Gasteiger partial charge on any atom is -0.375 e. The van der Waals surface area contributed by atoms with E-state index in [-0.39, 0.29) is 5.60 Å². The van der Waals surface area contributed by atoms with Crippen molar-refractivity contribution in [3.63, 3.8) is 0 Å². The number of nitrogens with zero attached hydrogens (tertiary/aromatic N) is 1. The highest BCUT2D eigenvalue weighted by Gasteiger charge is 2.22. The van der Waals surface area contributed by atoms with Crippen molar-refractivity contribution in [1.29, 1.82) is 0 Å². The molecule has 0 spiro atoms. The fourth-order valence-electron chi connectivity index (χ4n) is 2.32. The third-order valence-corrected chi connectivity index (χ3v) is 3.48. The Balaban J connectivity index is 2.27. The summed E-state index contributed by atoms with van der Waals surface area (Å²) in [6.07, 6.45) is 5.57. The van der Waals surface area contributed by atoms with E-state index >= 15 is 0 Å². The monoisotopic (exact) mass is 291 g/mol. The first-order chi connectivity index (χ1) is 7.53. The lowest BCUT2D eigenvalue weighted by Crippen LogP contribution is -2.38. The van der Waals surface area contributed by atoms with Crippen LogP contribution in [0, 0.1) is 0 Å². The lowest BCUT2D eigenvalue weighted by molar-refractivity contribution is -0.0166. The standard InChI is InChI=1S/C13H26BrNO/c1-13(2,3)16-11-10-15(9-8-14)12-6-4-5-7-12/h12H,4-11H2,1-3H3. The van der Waals surface area contributed by atoms with Crippen LogP contribution in [0.4, 0.5) is 0 Å². The maximum atomic E-state index is 5.81. The predicted octanol–water partition coefficient (Wildman–Crippen LogP) is 3.44. The summed E-state index contributed by atoms with van der Waals surface area (Å²) in [6, 6.07) is 0.807. The normalized spacial score (nSPS) is 18.6. The van der Waals surface area contributed by atoms with E-state index in [0.717, 1.165) is 31.1 Å². The second-order valence-corrected chi connectivity index (χ2v) is 6.42. The SMILES string of the molecule is CC(C)(C)OCCN(CCBr)C1CCCC1. The van der Waals surface area contributed by atoms with Gasteiger partial charge in [-0.15, -0.1) is 0 Å². The van der Waals surface area contributed by atoms with Crippen LogP contribution in [0.2, 0.25) is 0 Å². The van der Waals surface area contributed by atoms with Gasteiger partial charge in [0, 0.05) is 24.5 Å². The lowest BCUT2D eigenvalue weighted by Gasteiger charge is -2.29. The first-order valence-electron chi connectivity index (χ1n) is 6.47. The lowest BCUT2D eigenvalue weighted by atomic mass is 10.2. The average molecular weight is 292 g/mol. The largest absolute Gasteiger partial charge is 0.375 e. The van der Waals surface area contributed by atoms with Gasteiger partial charge in [0.1, 0.15) is 0 Å². The summed E-state index contributed by atoms with van der Waals surface area (Å²) in [6.45, 7) is 9.45. The summed E-state index contributed by atoms with van der Waals surface area (Å²) in [5, 5.41) is 1.07. The Labute approximate surface area is 109 Å². The molecule has 0 unspecified atom stereocenters. The number of halogens is 1. The first-order valence-corrected chi connectivity index (χ1v) is 7.59. The van der Waals surface area contributed by atoms with E-state index in [0.29, 0.717) is 0 Å². The van der Waals surface area contributed by atoms with Crippen LogP contribution in [0.5, 0.6) is 0 Å². The van der Waals surface area contributed by atoms with Crippen LogP contribution in [-0.4, -0.2) is 41.6 Å². The maximum absolute atomic E-state index is 5.81. The molecule has 96 valence electrons. The van der Waals surface area contributed by atoms with Crippen molar-refractivity contribution in [3.8, 4) is 0 Å². The van der Waals surface area contributed by atoms with Gasteiger partial charge in [-0.1, -0.05) is 28.8 Å². The summed E-state index contributed by atoms with van der Waals surface area (Å²) in [4.78, 5) is 2.59.